The normalized spacial score (nSPS) is 14.4. The first-order valence-electron chi connectivity index (χ1n) is 7.86. The van der Waals surface area contributed by atoms with Gasteiger partial charge in [0.15, 0.2) is 0 Å². The van der Waals surface area contributed by atoms with E-state index in [0.717, 1.165) is 37.9 Å². The number of hydrogen-bond acceptors (Lipinski definition) is 4. The summed E-state index contributed by atoms with van der Waals surface area (Å²) in [6.45, 7) is 3.25. The minimum atomic E-state index is 0. The first-order valence-corrected chi connectivity index (χ1v) is 9.01. The van der Waals surface area contributed by atoms with Crippen molar-refractivity contribution in [2.45, 2.75) is 5.75 Å². The molecule has 1 aromatic carbocycles. The van der Waals surface area contributed by atoms with Crippen LogP contribution < -0.4 is 4.90 Å². The van der Waals surface area contributed by atoms with Crippen molar-refractivity contribution in [1.29, 1.82) is 0 Å². The van der Waals surface area contributed by atoms with Crippen molar-refractivity contribution in [3.05, 3.63) is 48.3 Å². The predicted molar refractivity (Wildman–Crippen MR) is 102 cm³/mol. The first kappa shape index (κ1) is 18.7. The van der Waals surface area contributed by atoms with E-state index in [1.54, 1.807) is 11.8 Å². The lowest BCUT2D eigenvalue weighted by Crippen LogP contribution is -2.50. The van der Waals surface area contributed by atoms with Gasteiger partial charge in [0.25, 0.3) is 0 Å². The standard InChI is InChI=1S/C17H22N4OS.ClH/c1-19-8-7-18-17(19)21-11-9-20(10-12-21)16(22)14-23-13-15-5-3-2-4-6-15;/h2-8H,9-14H2,1H3;1H. The Morgan fingerprint density at radius 2 is 1.88 bits per heavy atom. The van der Waals surface area contributed by atoms with Crippen molar-refractivity contribution in [1.82, 2.24) is 14.5 Å². The van der Waals surface area contributed by atoms with E-state index in [9.17, 15) is 4.79 Å². The molecule has 2 heterocycles. The molecule has 0 bridgehead atoms. The van der Waals surface area contributed by atoms with Gasteiger partial charge in [0.2, 0.25) is 11.9 Å². The fourth-order valence-electron chi connectivity index (χ4n) is 2.74. The van der Waals surface area contributed by atoms with Crippen LogP contribution in [0.15, 0.2) is 42.7 Å². The summed E-state index contributed by atoms with van der Waals surface area (Å²) < 4.78 is 2.02. The molecule has 5 nitrogen and oxygen atoms in total. The molecule has 0 spiro atoms. The maximum atomic E-state index is 12.3. The van der Waals surface area contributed by atoms with Crippen LogP contribution in [0.4, 0.5) is 5.95 Å². The number of piperazine rings is 1. The summed E-state index contributed by atoms with van der Waals surface area (Å²) in [4.78, 5) is 20.9. The second-order valence-electron chi connectivity index (χ2n) is 5.68. The molecule has 2 aromatic rings. The van der Waals surface area contributed by atoms with Gasteiger partial charge in [-0.15, -0.1) is 24.2 Å². The summed E-state index contributed by atoms with van der Waals surface area (Å²) in [5, 5.41) is 0. The van der Waals surface area contributed by atoms with Crippen LogP contribution in [0.5, 0.6) is 0 Å². The highest BCUT2D eigenvalue weighted by Gasteiger charge is 2.22. The Labute approximate surface area is 153 Å². The molecule has 24 heavy (non-hydrogen) atoms. The van der Waals surface area contributed by atoms with Crippen molar-refractivity contribution in [2.75, 3.05) is 36.8 Å². The van der Waals surface area contributed by atoms with Crippen LogP contribution in [-0.4, -0.2) is 52.3 Å². The van der Waals surface area contributed by atoms with Crippen LogP contribution in [-0.2, 0) is 17.6 Å². The Hall–Kier alpha value is -1.66. The van der Waals surface area contributed by atoms with Gasteiger partial charge in [-0.3, -0.25) is 4.79 Å². The van der Waals surface area contributed by atoms with E-state index in [1.165, 1.54) is 5.56 Å². The van der Waals surface area contributed by atoms with Crippen LogP contribution >= 0.6 is 24.2 Å². The Kier molecular flexibility index (Phi) is 6.99. The Balaban J connectivity index is 0.00000208. The van der Waals surface area contributed by atoms with Crippen LogP contribution in [0.1, 0.15) is 5.56 Å². The van der Waals surface area contributed by atoms with E-state index in [1.807, 2.05) is 47.1 Å². The topological polar surface area (TPSA) is 41.4 Å². The Morgan fingerprint density at radius 1 is 1.17 bits per heavy atom. The van der Waals surface area contributed by atoms with Gasteiger partial charge < -0.3 is 14.4 Å². The van der Waals surface area contributed by atoms with Crippen molar-refractivity contribution >= 4 is 36.0 Å². The molecule has 1 amide bonds. The summed E-state index contributed by atoms with van der Waals surface area (Å²) in [5.74, 6) is 2.66. The second kappa shape index (κ2) is 8.99. The van der Waals surface area contributed by atoms with Crippen LogP contribution in [0.3, 0.4) is 0 Å². The van der Waals surface area contributed by atoms with Crippen LogP contribution in [0.2, 0.25) is 0 Å². The van der Waals surface area contributed by atoms with E-state index in [2.05, 4.69) is 22.0 Å². The highest BCUT2D eigenvalue weighted by atomic mass is 35.5. The Bertz CT molecular complexity index is 641. The number of benzene rings is 1. The van der Waals surface area contributed by atoms with Gasteiger partial charge in [-0.25, -0.2) is 4.98 Å². The molecule has 1 aliphatic rings. The lowest BCUT2D eigenvalue weighted by atomic mass is 10.2. The molecule has 1 aromatic heterocycles. The molecule has 1 saturated heterocycles. The van der Waals surface area contributed by atoms with Gasteiger partial charge in [0, 0.05) is 51.4 Å². The molecular weight excluding hydrogens is 344 g/mol. The molecule has 1 fully saturated rings. The number of aryl methyl sites for hydroxylation is 1. The first-order chi connectivity index (χ1) is 11.2. The number of thioether (sulfide) groups is 1. The average Bonchev–Trinajstić information content (AvgIpc) is 3.02. The smallest absolute Gasteiger partial charge is 0.232 e. The van der Waals surface area contributed by atoms with Gasteiger partial charge in [-0.05, 0) is 5.56 Å². The minimum Gasteiger partial charge on any atom is -0.339 e. The number of halogens is 1. The summed E-state index contributed by atoms with van der Waals surface area (Å²) >= 11 is 1.69. The number of hydrogen-bond donors (Lipinski definition) is 0. The molecule has 7 heteroatoms. The van der Waals surface area contributed by atoms with E-state index < -0.39 is 0 Å². The summed E-state index contributed by atoms with van der Waals surface area (Å²) in [6.07, 6.45) is 3.76. The third-order valence-corrected chi connectivity index (χ3v) is 5.04. The molecular formula is C17H23ClN4OS. The fraction of sp³-hybridized carbons (Fsp3) is 0.412. The highest BCUT2D eigenvalue weighted by molar-refractivity contribution is 7.99. The number of carbonyl (C=O) groups excluding carboxylic acids is 1. The monoisotopic (exact) mass is 366 g/mol. The van der Waals surface area contributed by atoms with Crippen LogP contribution in [0.25, 0.3) is 0 Å². The lowest BCUT2D eigenvalue weighted by molar-refractivity contribution is -0.128. The SMILES string of the molecule is Cl.Cn1ccnc1N1CCN(C(=O)CSCc2ccccc2)CC1. The van der Waals surface area contributed by atoms with Crippen molar-refractivity contribution in [2.24, 2.45) is 7.05 Å². The zero-order valence-corrected chi connectivity index (χ0v) is 15.4. The number of nitrogens with zero attached hydrogens (tertiary/aromatic N) is 4. The Morgan fingerprint density at radius 3 is 2.50 bits per heavy atom. The molecule has 0 aliphatic carbocycles. The second-order valence-corrected chi connectivity index (χ2v) is 6.67. The van der Waals surface area contributed by atoms with Gasteiger partial charge in [-0.1, -0.05) is 30.3 Å². The van der Waals surface area contributed by atoms with Crippen molar-refractivity contribution in [3.63, 3.8) is 0 Å². The predicted octanol–water partition coefficient (Wildman–Crippen LogP) is 2.42. The lowest BCUT2D eigenvalue weighted by Gasteiger charge is -2.35. The van der Waals surface area contributed by atoms with Gasteiger partial charge in [0.1, 0.15) is 0 Å². The van der Waals surface area contributed by atoms with E-state index in [4.69, 9.17) is 0 Å². The number of amides is 1. The third-order valence-electron chi connectivity index (χ3n) is 4.05. The quantitative estimate of drug-likeness (QED) is 0.815. The van der Waals surface area contributed by atoms with Gasteiger partial charge in [-0.2, -0.15) is 0 Å². The summed E-state index contributed by atoms with van der Waals surface area (Å²) in [7, 11) is 2.00. The zero-order valence-electron chi connectivity index (χ0n) is 13.8. The van der Waals surface area contributed by atoms with E-state index >= 15 is 0 Å². The maximum Gasteiger partial charge on any atom is 0.232 e. The molecule has 3 rings (SSSR count). The number of imidazole rings is 1. The van der Waals surface area contributed by atoms with Crippen molar-refractivity contribution in [3.8, 4) is 0 Å². The maximum absolute atomic E-state index is 12.3. The molecule has 0 unspecified atom stereocenters. The zero-order chi connectivity index (χ0) is 16.1. The van der Waals surface area contributed by atoms with Gasteiger partial charge in [0.05, 0.1) is 5.75 Å². The van der Waals surface area contributed by atoms with Gasteiger partial charge >= 0.3 is 0 Å². The largest absolute Gasteiger partial charge is 0.339 e. The molecule has 0 atom stereocenters. The van der Waals surface area contributed by atoms with Crippen LogP contribution in [0, 0.1) is 0 Å². The van der Waals surface area contributed by atoms with Crippen molar-refractivity contribution < 1.29 is 4.79 Å². The highest BCUT2D eigenvalue weighted by Crippen LogP contribution is 2.15. The molecule has 0 radical (unpaired) electrons. The molecule has 1 aliphatic heterocycles. The molecule has 0 N–H and O–H groups in total. The molecule has 0 saturated carbocycles. The number of aromatic nitrogens is 2. The third kappa shape index (κ3) is 4.68. The summed E-state index contributed by atoms with van der Waals surface area (Å²) in [6, 6.07) is 10.3. The molecule has 130 valence electrons. The number of anilines is 1. The van der Waals surface area contributed by atoms with E-state index in [0.29, 0.717) is 5.75 Å². The fourth-order valence-corrected chi connectivity index (χ4v) is 3.63. The number of rotatable bonds is 5. The average molecular weight is 367 g/mol. The van der Waals surface area contributed by atoms with E-state index in [-0.39, 0.29) is 18.3 Å². The number of carbonyl (C=O) groups is 1. The minimum absolute atomic E-state index is 0. The summed E-state index contributed by atoms with van der Waals surface area (Å²) in [5.41, 5.74) is 1.27.